The first kappa shape index (κ1) is 16.2. The van der Waals surface area contributed by atoms with Crippen LogP contribution in [0.15, 0.2) is 24.5 Å². The molecule has 1 aliphatic heterocycles. The number of aryl methyl sites for hydroxylation is 1. The Labute approximate surface area is 139 Å². The van der Waals surface area contributed by atoms with E-state index in [9.17, 15) is 4.79 Å². The fourth-order valence-electron chi connectivity index (χ4n) is 3.61. The fraction of sp³-hybridized carbons (Fsp3) is 0.667. The number of amides is 1. The van der Waals surface area contributed by atoms with Crippen LogP contribution >= 0.6 is 0 Å². The van der Waals surface area contributed by atoms with Crippen LogP contribution in [0.25, 0.3) is 0 Å². The van der Waals surface area contributed by atoms with Crippen molar-refractivity contribution in [3.05, 3.63) is 30.4 Å². The lowest BCUT2D eigenvalue weighted by Gasteiger charge is -2.27. The minimum Gasteiger partial charge on any atom is -0.341 e. The van der Waals surface area contributed by atoms with Gasteiger partial charge in [0.1, 0.15) is 5.82 Å². The third-order valence-corrected chi connectivity index (χ3v) is 5.03. The van der Waals surface area contributed by atoms with Crippen molar-refractivity contribution in [2.45, 2.75) is 45.7 Å². The lowest BCUT2D eigenvalue weighted by molar-refractivity contribution is -0.135. The zero-order valence-corrected chi connectivity index (χ0v) is 14.2. The van der Waals surface area contributed by atoms with Crippen molar-refractivity contribution in [2.24, 2.45) is 5.92 Å². The highest BCUT2D eigenvalue weighted by atomic mass is 16.2. The van der Waals surface area contributed by atoms with Crippen LogP contribution in [0, 0.1) is 5.92 Å². The number of imidazole rings is 1. The molecule has 0 N–H and O–H groups in total. The molecule has 1 fully saturated rings. The van der Waals surface area contributed by atoms with E-state index in [1.54, 1.807) is 0 Å². The molecule has 23 heavy (non-hydrogen) atoms. The quantitative estimate of drug-likeness (QED) is 0.800. The lowest BCUT2D eigenvalue weighted by Crippen LogP contribution is -2.39. The summed E-state index contributed by atoms with van der Waals surface area (Å²) >= 11 is 0. The molecular formula is C18H28N4O. The van der Waals surface area contributed by atoms with Gasteiger partial charge in [0.05, 0.1) is 6.54 Å². The second-order valence-electron chi connectivity index (χ2n) is 6.57. The number of hydrogen-bond donors (Lipinski definition) is 0. The summed E-state index contributed by atoms with van der Waals surface area (Å²) in [5.74, 6) is 1.71. The van der Waals surface area contributed by atoms with Crippen LogP contribution in [0.3, 0.4) is 0 Å². The summed E-state index contributed by atoms with van der Waals surface area (Å²) in [6, 6.07) is 0. The van der Waals surface area contributed by atoms with Gasteiger partial charge in [0, 0.05) is 51.0 Å². The maximum atomic E-state index is 12.7. The molecule has 5 heteroatoms. The molecule has 0 unspecified atom stereocenters. The summed E-state index contributed by atoms with van der Waals surface area (Å²) < 4.78 is 2.20. The molecule has 1 amide bonds. The van der Waals surface area contributed by atoms with E-state index in [0.717, 1.165) is 70.8 Å². The van der Waals surface area contributed by atoms with E-state index in [-0.39, 0.29) is 5.92 Å². The molecule has 0 saturated carbocycles. The van der Waals surface area contributed by atoms with Crippen molar-refractivity contribution in [3.8, 4) is 0 Å². The molecule has 1 atom stereocenters. The second-order valence-corrected chi connectivity index (χ2v) is 6.57. The molecular weight excluding hydrogens is 288 g/mol. The number of carbonyl (C=O) groups is 1. The molecule has 3 rings (SSSR count). The highest BCUT2D eigenvalue weighted by Gasteiger charge is 2.26. The van der Waals surface area contributed by atoms with Crippen LogP contribution in [-0.4, -0.2) is 51.4 Å². The minimum absolute atomic E-state index is 0.213. The van der Waals surface area contributed by atoms with Crippen LogP contribution in [0.1, 0.15) is 38.4 Å². The summed E-state index contributed by atoms with van der Waals surface area (Å²) in [7, 11) is 0. The summed E-state index contributed by atoms with van der Waals surface area (Å²) in [6.45, 7) is 7.74. The van der Waals surface area contributed by atoms with Crippen molar-refractivity contribution in [2.75, 3.05) is 26.2 Å². The summed E-state index contributed by atoms with van der Waals surface area (Å²) in [4.78, 5) is 21.7. The minimum atomic E-state index is 0.213. The molecule has 2 aliphatic rings. The van der Waals surface area contributed by atoms with E-state index in [1.807, 2.05) is 12.4 Å². The maximum Gasteiger partial charge on any atom is 0.226 e. The molecule has 0 aromatic carbocycles. The van der Waals surface area contributed by atoms with Gasteiger partial charge >= 0.3 is 0 Å². The van der Waals surface area contributed by atoms with E-state index in [4.69, 9.17) is 0 Å². The largest absolute Gasteiger partial charge is 0.341 e. The first-order valence-electron chi connectivity index (χ1n) is 8.94. The Morgan fingerprint density at radius 2 is 2.17 bits per heavy atom. The maximum absolute atomic E-state index is 12.7. The first-order chi connectivity index (χ1) is 11.3. The van der Waals surface area contributed by atoms with Gasteiger partial charge in [-0.2, -0.15) is 0 Å². The normalized spacial score (nSPS) is 23.0. The number of carbonyl (C=O) groups excluding carboxylic acids is 1. The first-order valence-corrected chi connectivity index (χ1v) is 8.94. The molecule has 1 aliphatic carbocycles. The van der Waals surface area contributed by atoms with E-state index >= 15 is 0 Å². The van der Waals surface area contributed by atoms with Gasteiger partial charge in [0.2, 0.25) is 5.91 Å². The number of rotatable bonds is 4. The third kappa shape index (κ3) is 4.02. The second kappa shape index (κ2) is 7.77. The van der Waals surface area contributed by atoms with Crippen molar-refractivity contribution in [1.29, 1.82) is 0 Å². The van der Waals surface area contributed by atoms with Gasteiger partial charge in [-0.05, 0) is 32.6 Å². The van der Waals surface area contributed by atoms with Crippen LogP contribution in [-0.2, 0) is 17.9 Å². The predicted molar refractivity (Wildman–Crippen MR) is 90.9 cm³/mol. The van der Waals surface area contributed by atoms with Crippen LogP contribution in [0.4, 0.5) is 0 Å². The zero-order chi connectivity index (χ0) is 16.1. The smallest absolute Gasteiger partial charge is 0.226 e. The van der Waals surface area contributed by atoms with Crippen molar-refractivity contribution in [3.63, 3.8) is 0 Å². The van der Waals surface area contributed by atoms with Gasteiger partial charge in [-0.25, -0.2) is 4.98 Å². The molecule has 1 saturated heterocycles. The van der Waals surface area contributed by atoms with Gasteiger partial charge in [-0.15, -0.1) is 0 Å². The number of hydrogen-bond acceptors (Lipinski definition) is 3. The standard InChI is InChI=1S/C18H28N4O/c1-2-21-12-9-19-17(21)15-20-10-6-11-22(14-13-20)18(23)16-7-4-3-5-8-16/h3-4,9,12,16H,2,5-8,10-11,13-15H2,1H3/t16-/m1/s1. The predicted octanol–water partition coefficient (Wildman–Crippen LogP) is 2.29. The molecule has 2 heterocycles. The van der Waals surface area contributed by atoms with Gasteiger partial charge in [0.15, 0.2) is 0 Å². The number of aromatic nitrogens is 2. The molecule has 1 aromatic heterocycles. The van der Waals surface area contributed by atoms with Gasteiger partial charge in [-0.1, -0.05) is 12.2 Å². The van der Waals surface area contributed by atoms with Crippen LogP contribution in [0.5, 0.6) is 0 Å². The Balaban J connectivity index is 1.54. The fourth-order valence-corrected chi connectivity index (χ4v) is 3.61. The van der Waals surface area contributed by atoms with Crippen LogP contribution in [0.2, 0.25) is 0 Å². The average Bonchev–Trinajstić information content (AvgIpc) is 2.91. The third-order valence-electron chi connectivity index (χ3n) is 5.03. The molecule has 0 bridgehead atoms. The van der Waals surface area contributed by atoms with E-state index in [2.05, 4.69) is 38.4 Å². The van der Waals surface area contributed by atoms with E-state index < -0.39 is 0 Å². The summed E-state index contributed by atoms with van der Waals surface area (Å²) in [5, 5.41) is 0. The highest BCUT2D eigenvalue weighted by molar-refractivity contribution is 5.79. The van der Waals surface area contributed by atoms with Crippen molar-refractivity contribution < 1.29 is 4.79 Å². The Kier molecular flexibility index (Phi) is 5.49. The molecule has 0 spiro atoms. The molecule has 126 valence electrons. The Bertz CT molecular complexity index is 551. The van der Waals surface area contributed by atoms with E-state index in [1.165, 1.54) is 0 Å². The molecule has 5 nitrogen and oxygen atoms in total. The topological polar surface area (TPSA) is 41.4 Å². The van der Waals surface area contributed by atoms with Crippen LogP contribution < -0.4 is 0 Å². The lowest BCUT2D eigenvalue weighted by atomic mass is 9.93. The van der Waals surface area contributed by atoms with Gasteiger partial charge in [0.25, 0.3) is 0 Å². The van der Waals surface area contributed by atoms with Gasteiger partial charge in [-0.3, -0.25) is 9.69 Å². The van der Waals surface area contributed by atoms with E-state index in [0.29, 0.717) is 5.91 Å². The Hall–Kier alpha value is -1.62. The SMILES string of the molecule is CCn1ccnc1CN1CCCN(C(=O)[C@@H]2CC=CCC2)CC1. The molecule has 0 radical (unpaired) electrons. The van der Waals surface area contributed by atoms with Crippen molar-refractivity contribution >= 4 is 5.91 Å². The summed E-state index contributed by atoms with van der Waals surface area (Å²) in [5.41, 5.74) is 0. The van der Waals surface area contributed by atoms with Crippen molar-refractivity contribution in [1.82, 2.24) is 19.4 Å². The van der Waals surface area contributed by atoms with Gasteiger partial charge < -0.3 is 9.47 Å². The zero-order valence-electron chi connectivity index (χ0n) is 14.2. The summed E-state index contributed by atoms with van der Waals surface area (Å²) in [6.07, 6.45) is 12.3. The number of nitrogens with zero attached hydrogens (tertiary/aromatic N) is 4. The average molecular weight is 316 g/mol. The highest BCUT2D eigenvalue weighted by Crippen LogP contribution is 2.21. The molecule has 1 aromatic rings. The Morgan fingerprint density at radius 3 is 2.96 bits per heavy atom. The monoisotopic (exact) mass is 316 g/mol. The number of allylic oxidation sites excluding steroid dienone is 2. The Morgan fingerprint density at radius 1 is 1.26 bits per heavy atom.